The van der Waals surface area contributed by atoms with Gasteiger partial charge in [-0.25, -0.2) is 0 Å². The summed E-state index contributed by atoms with van der Waals surface area (Å²) in [5, 5.41) is 8.99. The summed E-state index contributed by atoms with van der Waals surface area (Å²) in [5.74, 6) is 0.831. The number of hydrogen-bond acceptors (Lipinski definition) is 4. The fourth-order valence-electron chi connectivity index (χ4n) is 2.66. The molecule has 0 spiro atoms. The third-order valence-corrected chi connectivity index (χ3v) is 3.73. The van der Waals surface area contributed by atoms with Gasteiger partial charge in [-0.15, -0.1) is 0 Å². The van der Waals surface area contributed by atoms with Crippen LogP contribution in [0, 0.1) is 11.3 Å². The number of methoxy groups -OCH3 is 1. The van der Waals surface area contributed by atoms with E-state index in [4.69, 9.17) is 14.7 Å². The molecule has 4 nitrogen and oxygen atoms in total. The second-order valence-corrected chi connectivity index (χ2v) is 4.99. The molecule has 0 saturated carbocycles. The normalized spacial score (nSPS) is 22.5. The van der Waals surface area contributed by atoms with Crippen molar-refractivity contribution in [1.29, 1.82) is 5.26 Å². The van der Waals surface area contributed by atoms with Gasteiger partial charge in [0.25, 0.3) is 0 Å². The Morgan fingerprint density at radius 3 is 2.89 bits per heavy atom. The van der Waals surface area contributed by atoms with Crippen LogP contribution in [-0.4, -0.2) is 37.8 Å². The maximum Gasteiger partial charge on any atom is 0.123 e. The van der Waals surface area contributed by atoms with Gasteiger partial charge in [-0.2, -0.15) is 5.26 Å². The maximum atomic E-state index is 8.99. The van der Waals surface area contributed by atoms with Crippen LogP contribution in [0.15, 0.2) is 18.2 Å². The first-order valence-corrected chi connectivity index (χ1v) is 6.54. The lowest BCUT2D eigenvalue weighted by molar-refractivity contribution is 0.0811. The lowest BCUT2D eigenvalue weighted by Gasteiger charge is -2.27. The summed E-state index contributed by atoms with van der Waals surface area (Å²) in [6, 6.07) is 8.14. The first kappa shape index (κ1) is 13.9. The number of hydrogen-bond donors (Lipinski definition) is 0. The molecule has 1 fully saturated rings. The standard InChI is InChI=1S/C15H20N2O2/c1-11-14(6-7-19-11)17(2)10-13-8-12(9-16)4-5-15(13)18-3/h4-5,8,11,14H,6-7,10H2,1-3H3. The highest BCUT2D eigenvalue weighted by atomic mass is 16.5. The molecule has 0 bridgehead atoms. The highest BCUT2D eigenvalue weighted by Gasteiger charge is 2.28. The predicted molar refractivity (Wildman–Crippen MR) is 73.0 cm³/mol. The van der Waals surface area contributed by atoms with Crippen LogP contribution >= 0.6 is 0 Å². The van der Waals surface area contributed by atoms with Crippen LogP contribution < -0.4 is 4.74 Å². The molecule has 1 aliphatic rings. The Balaban J connectivity index is 2.15. The van der Waals surface area contributed by atoms with Crippen molar-refractivity contribution in [2.75, 3.05) is 20.8 Å². The van der Waals surface area contributed by atoms with Gasteiger partial charge >= 0.3 is 0 Å². The molecule has 0 aliphatic carbocycles. The summed E-state index contributed by atoms with van der Waals surface area (Å²) >= 11 is 0. The molecule has 2 atom stereocenters. The molecular formula is C15H20N2O2. The van der Waals surface area contributed by atoms with Crippen LogP contribution in [0.5, 0.6) is 5.75 Å². The number of nitrogens with zero attached hydrogens (tertiary/aromatic N) is 2. The van der Waals surface area contributed by atoms with Crippen molar-refractivity contribution >= 4 is 0 Å². The molecule has 0 radical (unpaired) electrons. The lowest BCUT2D eigenvalue weighted by atomic mass is 10.1. The van der Waals surface area contributed by atoms with Gasteiger partial charge in [-0.05, 0) is 38.6 Å². The van der Waals surface area contributed by atoms with Gasteiger partial charge in [0.2, 0.25) is 0 Å². The van der Waals surface area contributed by atoms with E-state index in [1.807, 2.05) is 12.1 Å². The molecule has 2 rings (SSSR count). The zero-order valence-corrected chi connectivity index (χ0v) is 11.7. The molecule has 19 heavy (non-hydrogen) atoms. The van der Waals surface area contributed by atoms with Crippen LogP contribution in [-0.2, 0) is 11.3 Å². The fraction of sp³-hybridized carbons (Fsp3) is 0.533. The molecule has 4 heteroatoms. The van der Waals surface area contributed by atoms with Crippen molar-refractivity contribution < 1.29 is 9.47 Å². The zero-order valence-electron chi connectivity index (χ0n) is 11.7. The summed E-state index contributed by atoms with van der Waals surface area (Å²) in [6.45, 7) is 3.69. The van der Waals surface area contributed by atoms with Crippen molar-refractivity contribution in [1.82, 2.24) is 4.90 Å². The fourth-order valence-corrected chi connectivity index (χ4v) is 2.66. The van der Waals surface area contributed by atoms with E-state index in [1.54, 1.807) is 13.2 Å². The Morgan fingerprint density at radius 1 is 1.53 bits per heavy atom. The molecule has 102 valence electrons. The molecule has 1 aliphatic heterocycles. The van der Waals surface area contributed by atoms with E-state index in [9.17, 15) is 0 Å². The Morgan fingerprint density at radius 2 is 2.32 bits per heavy atom. The van der Waals surface area contributed by atoms with Crippen LogP contribution in [0.25, 0.3) is 0 Å². The van der Waals surface area contributed by atoms with Gasteiger partial charge in [0, 0.05) is 24.8 Å². The molecule has 1 heterocycles. The zero-order chi connectivity index (χ0) is 13.8. The average Bonchev–Trinajstić information content (AvgIpc) is 2.85. The van der Waals surface area contributed by atoms with Crippen molar-refractivity contribution in [2.24, 2.45) is 0 Å². The van der Waals surface area contributed by atoms with Gasteiger partial charge in [-0.3, -0.25) is 4.90 Å². The van der Waals surface area contributed by atoms with Gasteiger partial charge in [-0.1, -0.05) is 0 Å². The van der Waals surface area contributed by atoms with Crippen molar-refractivity contribution in [2.45, 2.75) is 32.0 Å². The van der Waals surface area contributed by atoms with Crippen LogP contribution in [0.4, 0.5) is 0 Å². The predicted octanol–water partition coefficient (Wildman–Crippen LogP) is 2.18. The van der Waals surface area contributed by atoms with Crippen LogP contribution in [0.1, 0.15) is 24.5 Å². The largest absolute Gasteiger partial charge is 0.496 e. The third kappa shape index (κ3) is 3.06. The molecule has 0 N–H and O–H groups in total. The smallest absolute Gasteiger partial charge is 0.123 e. The summed E-state index contributed by atoms with van der Waals surface area (Å²) < 4.78 is 11.0. The molecule has 1 aromatic carbocycles. The average molecular weight is 260 g/mol. The quantitative estimate of drug-likeness (QED) is 0.832. The first-order valence-electron chi connectivity index (χ1n) is 6.54. The first-order chi connectivity index (χ1) is 9.15. The van der Waals surface area contributed by atoms with Gasteiger partial charge < -0.3 is 9.47 Å². The van der Waals surface area contributed by atoms with E-state index in [0.29, 0.717) is 11.6 Å². The summed E-state index contributed by atoms with van der Waals surface area (Å²) in [5.41, 5.74) is 1.71. The Hall–Kier alpha value is -1.57. The Labute approximate surface area is 114 Å². The molecule has 0 aromatic heterocycles. The molecule has 0 amide bonds. The van der Waals surface area contributed by atoms with Crippen molar-refractivity contribution in [3.05, 3.63) is 29.3 Å². The van der Waals surface area contributed by atoms with E-state index in [1.165, 1.54) is 0 Å². The number of benzene rings is 1. The van der Waals surface area contributed by atoms with E-state index in [2.05, 4.69) is 24.9 Å². The highest BCUT2D eigenvalue weighted by Crippen LogP contribution is 2.25. The topological polar surface area (TPSA) is 45.5 Å². The molecule has 2 unspecified atom stereocenters. The van der Waals surface area contributed by atoms with E-state index in [0.717, 1.165) is 30.9 Å². The second kappa shape index (κ2) is 6.05. The minimum absolute atomic E-state index is 0.259. The summed E-state index contributed by atoms with van der Waals surface area (Å²) in [6.07, 6.45) is 1.31. The highest BCUT2D eigenvalue weighted by molar-refractivity contribution is 5.42. The minimum atomic E-state index is 0.259. The number of rotatable bonds is 4. The van der Waals surface area contributed by atoms with Crippen LogP contribution in [0.3, 0.4) is 0 Å². The van der Waals surface area contributed by atoms with Crippen molar-refractivity contribution in [3.63, 3.8) is 0 Å². The van der Waals surface area contributed by atoms with E-state index < -0.39 is 0 Å². The summed E-state index contributed by atoms with van der Waals surface area (Å²) in [7, 11) is 3.75. The molecular weight excluding hydrogens is 240 g/mol. The monoisotopic (exact) mass is 260 g/mol. The van der Waals surface area contributed by atoms with Gasteiger partial charge in [0.15, 0.2) is 0 Å². The number of nitriles is 1. The number of ether oxygens (including phenoxy) is 2. The minimum Gasteiger partial charge on any atom is -0.496 e. The van der Waals surface area contributed by atoms with E-state index in [-0.39, 0.29) is 6.10 Å². The van der Waals surface area contributed by atoms with E-state index >= 15 is 0 Å². The SMILES string of the molecule is COc1ccc(C#N)cc1CN(C)C1CCOC1C. The third-order valence-electron chi connectivity index (χ3n) is 3.73. The second-order valence-electron chi connectivity index (χ2n) is 4.99. The molecule has 1 aromatic rings. The van der Waals surface area contributed by atoms with Gasteiger partial charge in [0.1, 0.15) is 5.75 Å². The number of likely N-dealkylation sites (N-methyl/N-ethyl adjacent to an activating group) is 1. The van der Waals surface area contributed by atoms with Gasteiger partial charge in [0.05, 0.1) is 24.8 Å². The molecule has 1 saturated heterocycles. The summed E-state index contributed by atoms with van der Waals surface area (Å²) in [4.78, 5) is 2.27. The van der Waals surface area contributed by atoms with Crippen molar-refractivity contribution in [3.8, 4) is 11.8 Å². The Bertz CT molecular complexity index is 482. The maximum absolute atomic E-state index is 8.99. The lowest BCUT2D eigenvalue weighted by Crippen LogP contribution is -2.36. The Kier molecular flexibility index (Phi) is 4.41. The van der Waals surface area contributed by atoms with Crippen LogP contribution in [0.2, 0.25) is 0 Å².